The van der Waals surface area contributed by atoms with E-state index in [4.69, 9.17) is 15.2 Å². The van der Waals surface area contributed by atoms with E-state index in [9.17, 15) is 14.9 Å². The van der Waals surface area contributed by atoms with Gasteiger partial charge in [-0.2, -0.15) is 5.26 Å². The summed E-state index contributed by atoms with van der Waals surface area (Å²) < 4.78 is 11.9. The predicted octanol–water partition coefficient (Wildman–Crippen LogP) is 4.69. The zero-order chi connectivity index (χ0) is 26.0. The van der Waals surface area contributed by atoms with Crippen LogP contribution in [0.15, 0.2) is 75.5 Å². The van der Waals surface area contributed by atoms with Crippen molar-refractivity contribution in [3.05, 3.63) is 76.8 Å². The van der Waals surface area contributed by atoms with Gasteiger partial charge in [0.15, 0.2) is 4.34 Å². The maximum absolute atomic E-state index is 13.2. The molecular weight excluding hydrogens is 496 g/mol. The summed E-state index contributed by atoms with van der Waals surface area (Å²) in [6, 6.07) is 16.5. The van der Waals surface area contributed by atoms with Gasteiger partial charge in [0, 0.05) is 10.9 Å². The van der Waals surface area contributed by atoms with Gasteiger partial charge in [0.05, 0.1) is 47.6 Å². The fraction of sp³-hybridized carbons (Fsp3) is 0.231. The van der Waals surface area contributed by atoms with E-state index in [-0.39, 0.29) is 22.7 Å². The van der Waals surface area contributed by atoms with Crippen LogP contribution in [-0.4, -0.2) is 36.4 Å². The minimum atomic E-state index is -0.907. The molecule has 2 heterocycles. The number of allylic oxidation sites excluding steroid dienone is 1. The highest BCUT2D eigenvalue weighted by Gasteiger charge is 2.43. The van der Waals surface area contributed by atoms with Crippen molar-refractivity contribution in [2.75, 3.05) is 19.1 Å². The summed E-state index contributed by atoms with van der Waals surface area (Å²) in [7, 11) is 2.45. The van der Waals surface area contributed by atoms with Crippen molar-refractivity contribution in [2.45, 2.75) is 29.4 Å². The quantitative estimate of drug-likeness (QED) is 0.364. The average Bonchev–Trinajstić information content (AvgIpc) is 3.28. The lowest BCUT2D eigenvalue weighted by atomic mass is 9.81. The second-order valence-corrected chi connectivity index (χ2v) is 11.0. The maximum atomic E-state index is 13.2. The summed E-state index contributed by atoms with van der Waals surface area (Å²) in [5.74, 6) is -2.42. The molecule has 8 nitrogen and oxygen atoms in total. The number of fused-ring (bicyclic) bond motifs is 1. The second kappa shape index (κ2) is 10.4. The van der Waals surface area contributed by atoms with E-state index >= 15 is 0 Å². The van der Waals surface area contributed by atoms with Crippen LogP contribution in [0.2, 0.25) is 0 Å². The largest absolute Gasteiger partial charge is 0.466 e. The summed E-state index contributed by atoms with van der Waals surface area (Å²) >= 11 is 3.17. The topological polar surface area (TPSA) is 119 Å². The highest BCUT2D eigenvalue weighted by molar-refractivity contribution is 8.01. The number of thioether (sulfide) groups is 1. The number of benzene rings is 2. The van der Waals surface area contributed by atoms with Crippen molar-refractivity contribution in [1.29, 1.82) is 5.26 Å². The van der Waals surface area contributed by atoms with Crippen LogP contribution in [0.4, 0.5) is 5.69 Å². The Bertz CT molecular complexity index is 1440. The maximum Gasteiger partial charge on any atom is 0.355 e. The highest BCUT2D eigenvalue weighted by Crippen LogP contribution is 2.44. The molecule has 10 heteroatoms. The molecular formula is C26H24N4O4S2. The summed E-state index contributed by atoms with van der Waals surface area (Å²) in [6.45, 7) is 4.19. The number of hydrogen-bond acceptors (Lipinski definition) is 10. The number of rotatable bonds is 6. The molecule has 1 unspecified atom stereocenters. The van der Waals surface area contributed by atoms with Crippen molar-refractivity contribution >= 4 is 50.9 Å². The predicted molar refractivity (Wildman–Crippen MR) is 140 cm³/mol. The first-order chi connectivity index (χ1) is 17.3. The number of carbonyl (C=O) groups excluding carboxylic acids is 2. The number of nitriles is 1. The fourth-order valence-corrected chi connectivity index (χ4v) is 6.39. The Balaban J connectivity index is 1.99. The van der Waals surface area contributed by atoms with E-state index in [1.54, 1.807) is 42.1 Å². The number of hydrogen-bond donors (Lipinski definition) is 1. The van der Waals surface area contributed by atoms with Crippen LogP contribution < -0.4 is 10.6 Å². The molecule has 1 aromatic heterocycles. The Morgan fingerprint density at radius 2 is 1.83 bits per heavy atom. The molecule has 0 fully saturated rings. The number of esters is 2. The van der Waals surface area contributed by atoms with Gasteiger partial charge in [-0.05, 0) is 23.8 Å². The zero-order valence-corrected chi connectivity index (χ0v) is 21.8. The van der Waals surface area contributed by atoms with Crippen LogP contribution >= 0.6 is 23.1 Å². The number of thiazole rings is 1. The summed E-state index contributed by atoms with van der Waals surface area (Å²) in [4.78, 5) is 32.4. The van der Waals surface area contributed by atoms with Crippen LogP contribution in [0.3, 0.4) is 0 Å². The van der Waals surface area contributed by atoms with Gasteiger partial charge in [-0.3, -0.25) is 4.90 Å². The molecule has 0 aliphatic carbocycles. The molecule has 184 valence electrons. The lowest BCUT2D eigenvalue weighted by Crippen LogP contribution is -2.40. The van der Waals surface area contributed by atoms with Crippen molar-refractivity contribution in [3.63, 3.8) is 0 Å². The molecule has 2 N–H and O–H groups in total. The molecule has 4 rings (SSSR count). The molecule has 0 spiro atoms. The van der Waals surface area contributed by atoms with Gasteiger partial charge < -0.3 is 15.2 Å². The average molecular weight is 521 g/mol. The first-order valence-electron chi connectivity index (χ1n) is 11.0. The van der Waals surface area contributed by atoms with E-state index in [0.29, 0.717) is 16.5 Å². The molecule has 2 aromatic carbocycles. The van der Waals surface area contributed by atoms with Crippen LogP contribution in [0.25, 0.3) is 10.2 Å². The first kappa shape index (κ1) is 25.3. The Labute approximate surface area is 217 Å². The molecule has 36 heavy (non-hydrogen) atoms. The van der Waals surface area contributed by atoms with Crippen molar-refractivity contribution in [2.24, 2.45) is 5.73 Å². The van der Waals surface area contributed by atoms with Gasteiger partial charge in [-0.1, -0.05) is 55.9 Å². The number of ether oxygens (including phenoxy) is 2. The zero-order valence-electron chi connectivity index (χ0n) is 20.1. The van der Waals surface area contributed by atoms with Crippen LogP contribution in [0, 0.1) is 11.3 Å². The Kier molecular flexibility index (Phi) is 7.33. The van der Waals surface area contributed by atoms with Gasteiger partial charge >= 0.3 is 11.9 Å². The van der Waals surface area contributed by atoms with Gasteiger partial charge in [-0.25, -0.2) is 14.6 Å². The standard InChI is InChI=1S/C26H24N4O4S2/c1-14(2)35-26-29-18-11-10-16(12-19(18)36-26)30-22(25(32)34-4)21(24(31)33-3)20(17(13-27)23(30)28)15-8-6-5-7-9-15/h5-12,14,20H,28H2,1-4H3. The molecule has 0 saturated carbocycles. The van der Waals surface area contributed by atoms with Crippen LogP contribution in [0.1, 0.15) is 25.3 Å². The smallest absolute Gasteiger partial charge is 0.355 e. The summed E-state index contributed by atoms with van der Waals surface area (Å²) in [6.07, 6.45) is 0. The van der Waals surface area contributed by atoms with E-state index in [2.05, 4.69) is 24.9 Å². The highest BCUT2D eigenvalue weighted by atomic mass is 32.2. The minimum absolute atomic E-state index is 0.0262. The van der Waals surface area contributed by atoms with Crippen molar-refractivity contribution in [3.8, 4) is 6.07 Å². The molecule has 0 radical (unpaired) electrons. The third-order valence-corrected chi connectivity index (χ3v) is 7.67. The molecule has 0 saturated heterocycles. The molecule has 0 amide bonds. The third kappa shape index (κ3) is 4.55. The lowest BCUT2D eigenvalue weighted by molar-refractivity contribution is -0.139. The van der Waals surface area contributed by atoms with Crippen LogP contribution in [0.5, 0.6) is 0 Å². The number of anilines is 1. The molecule has 1 aliphatic heterocycles. The number of nitrogens with two attached hydrogens (primary N) is 1. The SMILES string of the molecule is COC(=O)C1=C(C(=O)OC)N(c2ccc3nc(SC(C)C)sc3c2)C(N)=C(C#N)C1c1ccccc1. The van der Waals surface area contributed by atoms with Gasteiger partial charge in [-0.15, -0.1) is 11.3 Å². The molecule has 1 aliphatic rings. The van der Waals surface area contributed by atoms with Crippen LogP contribution in [-0.2, 0) is 19.1 Å². The number of carbonyl (C=O) groups is 2. The number of aromatic nitrogens is 1. The van der Waals surface area contributed by atoms with E-state index in [1.807, 2.05) is 18.2 Å². The second-order valence-electron chi connectivity index (χ2n) is 8.13. The van der Waals surface area contributed by atoms with E-state index < -0.39 is 17.9 Å². The summed E-state index contributed by atoms with van der Waals surface area (Å²) in [5, 5.41) is 10.5. The number of methoxy groups -OCH3 is 2. The van der Waals surface area contributed by atoms with E-state index in [0.717, 1.165) is 14.6 Å². The molecule has 1 atom stereocenters. The lowest BCUT2D eigenvalue weighted by Gasteiger charge is -2.35. The monoisotopic (exact) mass is 520 g/mol. The summed E-state index contributed by atoms with van der Waals surface area (Å²) in [5.41, 5.74) is 8.47. The third-order valence-electron chi connectivity index (χ3n) is 5.56. The Morgan fingerprint density at radius 1 is 1.14 bits per heavy atom. The minimum Gasteiger partial charge on any atom is -0.466 e. The molecule has 3 aromatic rings. The van der Waals surface area contributed by atoms with Gasteiger partial charge in [0.25, 0.3) is 0 Å². The normalized spacial score (nSPS) is 15.9. The Hall–Kier alpha value is -3.81. The van der Waals surface area contributed by atoms with Crippen molar-refractivity contribution < 1.29 is 19.1 Å². The fourth-order valence-electron chi connectivity index (χ4n) is 4.06. The van der Waals surface area contributed by atoms with Gasteiger partial charge in [0.1, 0.15) is 11.5 Å². The van der Waals surface area contributed by atoms with Gasteiger partial charge in [0.2, 0.25) is 0 Å². The van der Waals surface area contributed by atoms with Crippen molar-refractivity contribution in [1.82, 2.24) is 4.98 Å². The number of nitrogens with zero attached hydrogens (tertiary/aromatic N) is 3. The van der Waals surface area contributed by atoms with E-state index in [1.165, 1.54) is 30.5 Å². The molecule has 0 bridgehead atoms. The first-order valence-corrected chi connectivity index (χ1v) is 12.7. The Morgan fingerprint density at radius 3 is 2.44 bits per heavy atom.